The Hall–Kier alpha value is -1.69. The number of morpholine rings is 1. The van der Waals surface area contributed by atoms with Gasteiger partial charge in [-0.2, -0.15) is 4.98 Å². The highest BCUT2D eigenvalue weighted by Gasteiger charge is 2.27. The molecule has 0 bridgehead atoms. The number of benzene rings is 1. The first kappa shape index (κ1) is 18.7. The standard InChI is InChI=1S/C21H24ClN3OS/c1-5-15-6-8-16(9-7-15)17-14(4)27-20-18(17)19(23-21(22)24-20)25-10-12(2)26-13(3)11-25/h6-9,12-13H,5,10-11H2,1-4H3. The second-order valence-corrected chi connectivity index (χ2v) is 8.78. The predicted octanol–water partition coefficient (Wildman–Crippen LogP) is 5.50. The van der Waals surface area contributed by atoms with Crippen molar-refractivity contribution in [3.63, 3.8) is 0 Å². The first-order valence-electron chi connectivity index (χ1n) is 9.42. The van der Waals surface area contributed by atoms with Crippen LogP contribution in [0.15, 0.2) is 24.3 Å². The molecular weight excluding hydrogens is 378 g/mol. The second kappa shape index (κ2) is 7.38. The number of rotatable bonds is 3. The summed E-state index contributed by atoms with van der Waals surface area (Å²) in [5.74, 6) is 0.922. The maximum atomic E-state index is 6.29. The van der Waals surface area contributed by atoms with Gasteiger partial charge in [0.2, 0.25) is 5.28 Å². The Morgan fingerprint density at radius 1 is 1.15 bits per heavy atom. The molecule has 0 saturated carbocycles. The third-order valence-corrected chi connectivity index (χ3v) is 6.22. The molecule has 2 unspecified atom stereocenters. The number of aromatic nitrogens is 2. The molecule has 6 heteroatoms. The molecule has 4 nitrogen and oxygen atoms in total. The lowest BCUT2D eigenvalue weighted by Gasteiger charge is -2.36. The van der Waals surface area contributed by atoms with Crippen LogP contribution >= 0.6 is 22.9 Å². The van der Waals surface area contributed by atoms with E-state index in [1.54, 1.807) is 11.3 Å². The van der Waals surface area contributed by atoms with Crippen molar-refractivity contribution in [1.29, 1.82) is 0 Å². The molecule has 1 aliphatic heterocycles. The number of halogens is 1. The van der Waals surface area contributed by atoms with Gasteiger partial charge in [-0.05, 0) is 49.9 Å². The van der Waals surface area contributed by atoms with E-state index in [-0.39, 0.29) is 12.2 Å². The lowest BCUT2D eigenvalue weighted by Crippen LogP contribution is -2.46. The molecule has 27 heavy (non-hydrogen) atoms. The highest BCUT2D eigenvalue weighted by Crippen LogP contribution is 2.42. The molecule has 2 atom stereocenters. The van der Waals surface area contributed by atoms with Gasteiger partial charge in [-0.3, -0.25) is 0 Å². The number of aryl methyl sites for hydroxylation is 2. The summed E-state index contributed by atoms with van der Waals surface area (Å²) < 4.78 is 5.91. The van der Waals surface area contributed by atoms with Gasteiger partial charge in [0.05, 0.1) is 17.6 Å². The van der Waals surface area contributed by atoms with E-state index in [2.05, 4.69) is 66.8 Å². The molecule has 0 aliphatic carbocycles. The second-order valence-electron chi connectivity index (χ2n) is 7.24. The summed E-state index contributed by atoms with van der Waals surface area (Å²) in [6.07, 6.45) is 1.35. The van der Waals surface area contributed by atoms with E-state index in [1.165, 1.54) is 21.6 Å². The SMILES string of the molecule is CCc1ccc(-c2c(C)sc3nc(Cl)nc(N4CC(C)OC(C)C4)c23)cc1. The highest BCUT2D eigenvalue weighted by molar-refractivity contribution is 7.19. The molecular formula is C21H24ClN3OS. The zero-order chi connectivity index (χ0) is 19.1. The predicted molar refractivity (Wildman–Crippen MR) is 114 cm³/mol. The molecule has 1 aliphatic rings. The van der Waals surface area contributed by atoms with E-state index in [0.717, 1.165) is 35.5 Å². The van der Waals surface area contributed by atoms with Crippen LogP contribution in [0.1, 0.15) is 31.2 Å². The Kier molecular flexibility index (Phi) is 5.10. The zero-order valence-corrected chi connectivity index (χ0v) is 17.7. The van der Waals surface area contributed by atoms with Crippen molar-refractivity contribution in [2.75, 3.05) is 18.0 Å². The lowest BCUT2D eigenvalue weighted by atomic mass is 10.0. The minimum Gasteiger partial charge on any atom is -0.372 e. The number of thiophene rings is 1. The summed E-state index contributed by atoms with van der Waals surface area (Å²) in [6, 6.07) is 8.81. The molecule has 0 N–H and O–H groups in total. The molecule has 0 amide bonds. The molecule has 3 heterocycles. The first-order chi connectivity index (χ1) is 13.0. The smallest absolute Gasteiger partial charge is 0.225 e. The molecule has 0 radical (unpaired) electrons. The summed E-state index contributed by atoms with van der Waals surface area (Å²) in [6.45, 7) is 10.1. The van der Waals surface area contributed by atoms with Gasteiger partial charge < -0.3 is 9.64 Å². The van der Waals surface area contributed by atoms with Gasteiger partial charge in [-0.15, -0.1) is 11.3 Å². The third-order valence-electron chi connectivity index (χ3n) is 5.05. The van der Waals surface area contributed by atoms with Gasteiger partial charge in [0.1, 0.15) is 10.6 Å². The van der Waals surface area contributed by atoms with Gasteiger partial charge >= 0.3 is 0 Å². The molecule has 2 aromatic heterocycles. The van der Waals surface area contributed by atoms with E-state index in [9.17, 15) is 0 Å². The van der Waals surface area contributed by atoms with Crippen molar-refractivity contribution in [1.82, 2.24) is 9.97 Å². The van der Waals surface area contributed by atoms with E-state index in [0.29, 0.717) is 5.28 Å². The van der Waals surface area contributed by atoms with Gasteiger partial charge in [0, 0.05) is 23.5 Å². The maximum Gasteiger partial charge on any atom is 0.225 e. The van der Waals surface area contributed by atoms with Crippen molar-refractivity contribution in [3.8, 4) is 11.1 Å². The monoisotopic (exact) mass is 401 g/mol. The summed E-state index contributed by atoms with van der Waals surface area (Å²) in [5, 5.41) is 1.41. The highest BCUT2D eigenvalue weighted by atomic mass is 35.5. The van der Waals surface area contributed by atoms with E-state index in [4.69, 9.17) is 16.3 Å². The van der Waals surface area contributed by atoms with Crippen LogP contribution in [0.2, 0.25) is 5.28 Å². The molecule has 3 aromatic rings. The van der Waals surface area contributed by atoms with Gasteiger partial charge in [-0.1, -0.05) is 31.2 Å². The average Bonchev–Trinajstić information content (AvgIpc) is 2.95. The molecule has 0 spiro atoms. The molecule has 1 aromatic carbocycles. The normalized spacial score (nSPS) is 20.4. The number of hydrogen-bond donors (Lipinski definition) is 0. The number of nitrogens with zero attached hydrogens (tertiary/aromatic N) is 3. The maximum absolute atomic E-state index is 6.29. The van der Waals surface area contributed by atoms with Gasteiger partial charge in [0.15, 0.2) is 0 Å². The van der Waals surface area contributed by atoms with Crippen LogP contribution in [0, 0.1) is 6.92 Å². The fraction of sp³-hybridized carbons (Fsp3) is 0.429. The third kappa shape index (κ3) is 3.56. The van der Waals surface area contributed by atoms with E-state index < -0.39 is 0 Å². The van der Waals surface area contributed by atoms with Crippen molar-refractivity contribution >= 4 is 39.0 Å². The fourth-order valence-corrected chi connectivity index (χ4v) is 5.16. The van der Waals surface area contributed by atoms with Gasteiger partial charge in [-0.25, -0.2) is 4.98 Å². The fourth-order valence-electron chi connectivity index (χ4n) is 3.90. The Morgan fingerprint density at radius 3 is 2.44 bits per heavy atom. The summed E-state index contributed by atoms with van der Waals surface area (Å²) in [5.41, 5.74) is 3.76. The van der Waals surface area contributed by atoms with Crippen LogP contribution in [0.25, 0.3) is 21.3 Å². The van der Waals surface area contributed by atoms with Crippen LogP contribution in [0.3, 0.4) is 0 Å². The molecule has 4 rings (SSSR count). The topological polar surface area (TPSA) is 38.2 Å². The minimum atomic E-state index is 0.157. The van der Waals surface area contributed by atoms with Crippen molar-refractivity contribution < 1.29 is 4.74 Å². The summed E-state index contributed by atoms with van der Waals surface area (Å²) in [7, 11) is 0. The zero-order valence-electron chi connectivity index (χ0n) is 16.1. The van der Waals surface area contributed by atoms with E-state index >= 15 is 0 Å². The lowest BCUT2D eigenvalue weighted by molar-refractivity contribution is -0.00537. The van der Waals surface area contributed by atoms with Crippen molar-refractivity contribution in [2.45, 2.75) is 46.3 Å². The Morgan fingerprint density at radius 2 is 1.81 bits per heavy atom. The van der Waals surface area contributed by atoms with Gasteiger partial charge in [0.25, 0.3) is 0 Å². The van der Waals surface area contributed by atoms with Crippen LogP contribution < -0.4 is 4.90 Å². The molecule has 1 saturated heterocycles. The largest absolute Gasteiger partial charge is 0.372 e. The van der Waals surface area contributed by atoms with Crippen LogP contribution in [0.4, 0.5) is 5.82 Å². The van der Waals surface area contributed by atoms with Crippen LogP contribution in [-0.4, -0.2) is 35.3 Å². The quantitative estimate of drug-likeness (QED) is 0.543. The number of hydrogen-bond acceptors (Lipinski definition) is 5. The molecule has 1 fully saturated rings. The summed E-state index contributed by atoms with van der Waals surface area (Å²) in [4.78, 5) is 13.7. The molecule has 142 valence electrons. The van der Waals surface area contributed by atoms with Crippen LogP contribution in [0.5, 0.6) is 0 Å². The minimum absolute atomic E-state index is 0.157. The average molecular weight is 402 g/mol. The van der Waals surface area contributed by atoms with Crippen LogP contribution in [-0.2, 0) is 11.2 Å². The first-order valence-corrected chi connectivity index (χ1v) is 10.6. The van der Waals surface area contributed by atoms with Crippen molar-refractivity contribution in [2.24, 2.45) is 0 Å². The Balaban J connectivity index is 1.90. The number of fused-ring (bicyclic) bond motifs is 1. The van der Waals surface area contributed by atoms with Crippen molar-refractivity contribution in [3.05, 3.63) is 40.0 Å². The number of ether oxygens (including phenoxy) is 1. The van der Waals surface area contributed by atoms with E-state index in [1.807, 2.05) is 0 Å². The summed E-state index contributed by atoms with van der Waals surface area (Å²) >= 11 is 7.97. The number of anilines is 1. The Labute approximate surface area is 169 Å². The Bertz CT molecular complexity index is 960.